The fourth-order valence-corrected chi connectivity index (χ4v) is 2.74. The average molecular weight is 289 g/mol. The van der Waals surface area contributed by atoms with Gasteiger partial charge in [0.15, 0.2) is 0 Å². The van der Waals surface area contributed by atoms with Crippen LogP contribution in [0.4, 0.5) is 13.6 Å². The second kappa shape index (κ2) is 5.16. The van der Waals surface area contributed by atoms with Gasteiger partial charge in [-0.2, -0.15) is 0 Å². The quantitative estimate of drug-likeness (QED) is 0.916. The zero-order valence-corrected chi connectivity index (χ0v) is 11.1. The van der Waals surface area contributed by atoms with Crippen LogP contribution in [-0.2, 0) is 11.2 Å². The van der Waals surface area contributed by atoms with E-state index in [1.54, 1.807) is 6.07 Å². The van der Waals surface area contributed by atoms with Gasteiger partial charge in [-0.05, 0) is 47.2 Å². The zero-order chi connectivity index (χ0) is 15.0. The summed E-state index contributed by atoms with van der Waals surface area (Å²) in [5.74, 6) is -1.22. The summed E-state index contributed by atoms with van der Waals surface area (Å²) in [7, 11) is 0. The Morgan fingerprint density at radius 2 is 1.81 bits per heavy atom. The van der Waals surface area contributed by atoms with E-state index >= 15 is 0 Å². The zero-order valence-electron chi connectivity index (χ0n) is 11.1. The number of nitrogens with two attached hydrogens (primary N) is 1. The average Bonchev–Trinajstić information content (AvgIpc) is 2.79. The highest BCUT2D eigenvalue weighted by Crippen LogP contribution is 2.36. The Balaban J connectivity index is 1.95. The lowest BCUT2D eigenvalue weighted by Crippen LogP contribution is -2.15. The summed E-state index contributed by atoms with van der Waals surface area (Å²) < 4.78 is 31.6. The van der Waals surface area contributed by atoms with Crippen LogP contribution in [0.1, 0.15) is 23.7 Å². The maximum absolute atomic E-state index is 13.3. The van der Waals surface area contributed by atoms with Gasteiger partial charge in [0, 0.05) is 6.07 Å². The third kappa shape index (κ3) is 2.72. The first-order valence-electron chi connectivity index (χ1n) is 6.58. The monoisotopic (exact) mass is 289 g/mol. The second-order valence-corrected chi connectivity index (χ2v) is 5.04. The molecule has 1 aliphatic carbocycles. The predicted molar refractivity (Wildman–Crippen MR) is 73.5 cm³/mol. The van der Waals surface area contributed by atoms with Gasteiger partial charge >= 0.3 is 6.09 Å². The molecule has 0 saturated carbocycles. The molecular formula is C16H13F2NO2. The minimum atomic E-state index is -0.802. The Labute approximate surface area is 120 Å². The largest absolute Gasteiger partial charge is 0.441 e. The van der Waals surface area contributed by atoms with Crippen LogP contribution in [-0.4, -0.2) is 6.09 Å². The Bertz CT molecular complexity index is 695. The summed E-state index contributed by atoms with van der Waals surface area (Å²) in [4.78, 5) is 10.8. The molecule has 2 N–H and O–H groups in total. The molecule has 0 fully saturated rings. The van der Waals surface area contributed by atoms with Crippen molar-refractivity contribution in [3.05, 3.63) is 59.2 Å². The molecule has 3 nitrogen and oxygen atoms in total. The van der Waals surface area contributed by atoms with Gasteiger partial charge in [0.05, 0.1) is 0 Å². The van der Waals surface area contributed by atoms with E-state index in [1.165, 1.54) is 12.1 Å². The van der Waals surface area contributed by atoms with E-state index in [4.69, 9.17) is 10.5 Å². The summed E-state index contributed by atoms with van der Waals surface area (Å²) in [6.07, 6.45) is 0.262. The maximum Gasteiger partial charge on any atom is 0.405 e. The Kier molecular flexibility index (Phi) is 3.33. The number of primary amides is 1. The van der Waals surface area contributed by atoms with Gasteiger partial charge in [-0.25, -0.2) is 13.6 Å². The first kappa shape index (κ1) is 13.5. The maximum atomic E-state index is 13.3. The van der Waals surface area contributed by atoms with Gasteiger partial charge in [0.1, 0.15) is 17.7 Å². The van der Waals surface area contributed by atoms with Crippen LogP contribution in [0.3, 0.4) is 0 Å². The number of aryl methyl sites for hydroxylation is 1. The molecule has 1 amide bonds. The third-order valence-corrected chi connectivity index (χ3v) is 3.62. The van der Waals surface area contributed by atoms with Crippen LogP contribution in [0.5, 0.6) is 0 Å². The van der Waals surface area contributed by atoms with Gasteiger partial charge in [0.2, 0.25) is 0 Å². The number of amides is 1. The van der Waals surface area contributed by atoms with Gasteiger partial charge in [-0.15, -0.1) is 0 Å². The second-order valence-electron chi connectivity index (χ2n) is 5.04. The molecule has 0 bridgehead atoms. The van der Waals surface area contributed by atoms with Crippen molar-refractivity contribution in [2.75, 3.05) is 0 Å². The number of rotatable bonds is 2. The molecule has 0 radical (unpaired) electrons. The number of benzene rings is 2. The van der Waals surface area contributed by atoms with Crippen LogP contribution in [0.25, 0.3) is 11.1 Å². The van der Waals surface area contributed by atoms with Crippen LogP contribution >= 0.6 is 0 Å². The van der Waals surface area contributed by atoms with E-state index in [1.807, 2.05) is 12.1 Å². The van der Waals surface area contributed by atoms with Crippen molar-refractivity contribution in [1.82, 2.24) is 0 Å². The Hall–Kier alpha value is -2.43. The van der Waals surface area contributed by atoms with Crippen LogP contribution in [0.2, 0.25) is 0 Å². The lowest BCUT2D eigenvalue weighted by atomic mass is 10.00. The molecule has 3 rings (SSSR count). The summed E-state index contributed by atoms with van der Waals surface area (Å²) in [6, 6.07) is 8.86. The molecular weight excluding hydrogens is 276 g/mol. The molecule has 2 aromatic rings. The minimum Gasteiger partial charge on any atom is -0.441 e. The molecule has 0 heterocycles. The summed E-state index contributed by atoms with van der Waals surface area (Å²) in [5.41, 5.74) is 8.15. The number of hydrogen-bond donors (Lipinski definition) is 1. The molecule has 1 atom stereocenters. The molecule has 21 heavy (non-hydrogen) atoms. The molecule has 1 aliphatic rings. The molecule has 108 valence electrons. The van der Waals surface area contributed by atoms with E-state index in [0.29, 0.717) is 12.0 Å². The summed E-state index contributed by atoms with van der Waals surface area (Å²) >= 11 is 0. The van der Waals surface area contributed by atoms with Gasteiger partial charge in [-0.1, -0.05) is 18.2 Å². The molecule has 0 spiro atoms. The van der Waals surface area contributed by atoms with Crippen molar-refractivity contribution >= 4 is 6.09 Å². The number of halogens is 2. The van der Waals surface area contributed by atoms with Crippen molar-refractivity contribution < 1.29 is 18.3 Å². The van der Waals surface area contributed by atoms with Crippen molar-refractivity contribution in [1.29, 1.82) is 0 Å². The fourth-order valence-electron chi connectivity index (χ4n) is 2.74. The van der Waals surface area contributed by atoms with Crippen LogP contribution in [0.15, 0.2) is 36.4 Å². The Morgan fingerprint density at radius 3 is 2.48 bits per heavy atom. The lowest BCUT2D eigenvalue weighted by molar-refractivity contribution is 0.107. The van der Waals surface area contributed by atoms with E-state index in [-0.39, 0.29) is 6.10 Å². The highest BCUT2D eigenvalue weighted by atomic mass is 19.1. The topological polar surface area (TPSA) is 52.3 Å². The van der Waals surface area contributed by atoms with E-state index < -0.39 is 17.7 Å². The standard InChI is InChI=1S/C16H13F2NO2/c17-12-6-11(7-13(18)8-12)9-1-3-14-10(5-9)2-4-15(14)21-16(19)20/h1,3,5-8,15H,2,4H2,(H2,19,20). The number of hydrogen-bond acceptors (Lipinski definition) is 2. The third-order valence-electron chi connectivity index (χ3n) is 3.62. The summed E-state index contributed by atoms with van der Waals surface area (Å²) in [5, 5.41) is 0. The van der Waals surface area contributed by atoms with Crippen LogP contribution < -0.4 is 5.73 Å². The van der Waals surface area contributed by atoms with E-state index in [0.717, 1.165) is 29.2 Å². The first-order valence-corrected chi connectivity index (χ1v) is 6.58. The van der Waals surface area contributed by atoms with Crippen molar-refractivity contribution in [3.8, 4) is 11.1 Å². The van der Waals surface area contributed by atoms with E-state index in [9.17, 15) is 13.6 Å². The summed E-state index contributed by atoms with van der Waals surface area (Å²) in [6.45, 7) is 0. The fraction of sp³-hybridized carbons (Fsp3) is 0.188. The van der Waals surface area contributed by atoms with Gasteiger partial charge in [0.25, 0.3) is 0 Å². The molecule has 0 saturated heterocycles. The normalized spacial score (nSPS) is 16.6. The molecule has 0 aliphatic heterocycles. The van der Waals surface area contributed by atoms with Crippen molar-refractivity contribution in [2.45, 2.75) is 18.9 Å². The number of carbonyl (C=O) groups excluding carboxylic acids is 1. The number of ether oxygens (including phenoxy) is 1. The molecule has 2 aromatic carbocycles. The van der Waals surface area contributed by atoms with Gasteiger partial charge < -0.3 is 10.5 Å². The van der Waals surface area contributed by atoms with Crippen molar-refractivity contribution in [3.63, 3.8) is 0 Å². The van der Waals surface area contributed by atoms with Gasteiger partial charge in [-0.3, -0.25) is 0 Å². The smallest absolute Gasteiger partial charge is 0.405 e. The predicted octanol–water partition coefficient (Wildman–Crippen LogP) is 3.71. The molecule has 5 heteroatoms. The van der Waals surface area contributed by atoms with Crippen molar-refractivity contribution in [2.24, 2.45) is 5.73 Å². The first-order chi connectivity index (χ1) is 10.0. The SMILES string of the molecule is NC(=O)OC1CCc2cc(-c3cc(F)cc(F)c3)ccc21. The lowest BCUT2D eigenvalue weighted by Gasteiger charge is -2.12. The van der Waals surface area contributed by atoms with E-state index in [2.05, 4.69) is 0 Å². The number of fused-ring (bicyclic) bond motifs is 1. The highest BCUT2D eigenvalue weighted by Gasteiger charge is 2.25. The minimum absolute atomic E-state index is 0.337. The number of carbonyl (C=O) groups is 1. The highest BCUT2D eigenvalue weighted by molar-refractivity contribution is 5.67. The molecule has 0 aromatic heterocycles. The Morgan fingerprint density at radius 1 is 1.10 bits per heavy atom. The van der Waals surface area contributed by atoms with Crippen LogP contribution in [0, 0.1) is 11.6 Å². The molecule has 1 unspecified atom stereocenters.